The topological polar surface area (TPSA) is 48.9 Å². The summed E-state index contributed by atoms with van der Waals surface area (Å²) < 4.78 is 87.7. The van der Waals surface area contributed by atoms with Crippen LogP contribution >= 0.6 is 0 Å². The summed E-state index contributed by atoms with van der Waals surface area (Å²) in [6.45, 7) is 10.0. The fraction of sp³-hybridized carbons (Fsp3) is 0.412. The molecule has 0 saturated carbocycles. The Bertz CT molecular complexity index is 1630. The predicted molar refractivity (Wildman–Crippen MR) is 164 cm³/mol. The Balaban J connectivity index is 1.59. The number of morpholine rings is 1. The molecule has 1 aromatic heterocycles. The van der Waals surface area contributed by atoms with Crippen LogP contribution < -0.4 is 9.80 Å². The van der Waals surface area contributed by atoms with E-state index in [9.17, 15) is 31.1 Å². The largest absolute Gasteiger partial charge is 0.416 e. The lowest BCUT2D eigenvalue weighted by atomic mass is 9.81. The normalized spacial score (nSPS) is 15.8. The third-order valence-corrected chi connectivity index (χ3v) is 8.74. The van der Waals surface area contributed by atoms with Gasteiger partial charge in [-0.05, 0) is 73.7 Å². The summed E-state index contributed by atoms with van der Waals surface area (Å²) in [5.74, 6) is -0.0723. The lowest BCUT2D eigenvalue weighted by Gasteiger charge is -2.38. The van der Waals surface area contributed by atoms with Gasteiger partial charge in [-0.2, -0.15) is 26.3 Å². The third-order valence-electron chi connectivity index (χ3n) is 8.74. The van der Waals surface area contributed by atoms with Crippen LogP contribution in [-0.2, 0) is 33.7 Å². The molecule has 0 bridgehead atoms. The number of fused-ring (bicyclic) bond motifs is 1. The number of alkyl halides is 6. The molecule has 246 valence electrons. The molecule has 0 atom stereocenters. The second-order valence-corrected chi connectivity index (χ2v) is 12.2. The van der Waals surface area contributed by atoms with Crippen LogP contribution in [0.15, 0.2) is 60.6 Å². The van der Waals surface area contributed by atoms with Crippen molar-refractivity contribution in [3.63, 3.8) is 0 Å². The molecule has 2 aromatic carbocycles. The number of carbonyl (C=O) groups is 1. The van der Waals surface area contributed by atoms with Gasteiger partial charge in [-0.25, -0.2) is 4.98 Å². The molecule has 0 spiro atoms. The Labute approximate surface area is 264 Å². The second-order valence-electron chi connectivity index (χ2n) is 12.2. The van der Waals surface area contributed by atoms with Gasteiger partial charge in [0.15, 0.2) is 0 Å². The number of ether oxygens (including phenoxy) is 1. The molecule has 1 fully saturated rings. The number of pyridine rings is 1. The highest BCUT2D eigenvalue weighted by Gasteiger charge is 2.41. The van der Waals surface area contributed by atoms with E-state index >= 15 is 0 Å². The molecule has 6 nitrogen and oxygen atoms in total. The van der Waals surface area contributed by atoms with Crippen LogP contribution in [0, 0.1) is 6.92 Å². The Hall–Kier alpha value is -4.06. The molecular formula is C34H36F6N4O2. The maximum absolute atomic E-state index is 14.1. The molecule has 1 saturated heterocycles. The first kappa shape index (κ1) is 33.3. The van der Waals surface area contributed by atoms with Crippen molar-refractivity contribution in [2.24, 2.45) is 0 Å². The molecule has 3 heterocycles. The SMILES string of the molecule is CCc1ccc(-c2cc(N3C=C4COCCN4CC3)ncc2N(C)C(=O)C(C)(C)c2cc(C(F)(F)F)cc(C(F)(F)F)c2)c(C)c1. The van der Waals surface area contributed by atoms with Crippen LogP contribution in [-0.4, -0.2) is 55.7 Å². The average molecular weight is 647 g/mol. The van der Waals surface area contributed by atoms with Crippen LogP contribution in [0.5, 0.6) is 0 Å². The average Bonchev–Trinajstić information content (AvgIpc) is 3.02. The van der Waals surface area contributed by atoms with Crippen molar-refractivity contribution in [3.05, 3.63) is 88.4 Å². The van der Waals surface area contributed by atoms with Gasteiger partial charge in [-0.1, -0.05) is 25.1 Å². The first-order chi connectivity index (χ1) is 21.5. The highest BCUT2D eigenvalue weighted by molar-refractivity contribution is 6.03. The summed E-state index contributed by atoms with van der Waals surface area (Å²) in [6, 6.07) is 9.13. The highest BCUT2D eigenvalue weighted by Crippen LogP contribution is 2.41. The predicted octanol–water partition coefficient (Wildman–Crippen LogP) is 7.59. The zero-order valence-corrected chi connectivity index (χ0v) is 26.3. The Morgan fingerprint density at radius 3 is 2.17 bits per heavy atom. The highest BCUT2D eigenvalue weighted by atomic mass is 19.4. The number of nitrogens with zero attached hydrogens (tertiary/aromatic N) is 4. The number of aromatic nitrogens is 1. The van der Waals surface area contributed by atoms with Crippen molar-refractivity contribution < 1.29 is 35.9 Å². The van der Waals surface area contributed by atoms with Gasteiger partial charge in [0.1, 0.15) is 5.82 Å². The standard InChI is InChI=1S/C34H36F6N4O2/c1-6-22-7-8-27(21(2)13-22)28-17-30(44-10-9-43-11-12-46-20-26(43)19-44)41-18-29(28)42(5)31(45)32(3,4)23-14-24(33(35,36)37)16-25(15-23)34(38,39)40/h7-8,13-19H,6,9-12,20H2,1-5H3. The molecule has 1 amide bonds. The number of rotatable bonds is 6. The van der Waals surface area contributed by atoms with Gasteiger partial charge >= 0.3 is 12.4 Å². The van der Waals surface area contributed by atoms with Crippen LogP contribution in [0.1, 0.15) is 48.6 Å². The molecule has 3 aromatic rings. The molecular weight excluding hydrogens is 610 g/mol. The van der Waals surface area contributed by atoms with Crippen molar-refractivity contribution in [1.82, 2.24) is 9.88 Å². The summed E-state index contributed by atoms with van der Waals surface area (Å²) in [4.78, 5) is 24.3. The number of amides is 1. The summed E-state index contributed by atoms with van der Waals surface area (Å²) in [7, 11) is 1.46. The van der Waals surface area contributed by atoms with Gasteiger partial charge < -0.3 is 19.4 Å². The van der Waals surface area contributed by atoms with Crippen molar-refractivity contribution in [2.45, 2.75) is 51.9 Å². The molecule has 2 aliphatic rings. The minimum Gasteiger partial charge on any atom is -0.373 e. The van der Waals surface area contributed by atoms with E-state index in [4.69, 9.17) is 4.74 Å². The van der Waals surface area contributed by atoms with Crippen molar-refractivity contribution in [3.8, 4) is 11.1 Å². The molecule has 5 rings (SSSR count). The summed E-state index contributed by atoms with van der Waals surface area (Å²) >= 11 is 0. The molecule has 0 N–H and O–H groups in total. The van der Waals surface area contributed by atoms with Crippen LogP contribution in [0.4, 0.5) is 37.8 Å². The van der Waals surface area contributed by atoms with Gasteiger partial charge in [-0.15, -0.1) is 0 Å². The number of carbonyl (C=O) groups excluding carboxylic acids is 1. The van der Waals surface area contributed by atoms with E-state index < -0.39 is 40.4 Å². The first-order valence-electron chi connectivity index (χ1n) is 15.0. The summed E-state index contributed by atoms with van der Waals surface area (Å²) in [5.41, 5.74) is -0.202. The Morgan fingerprint density at radius 1 is 0.913 bits per heavy atom. The van der Waals surface area contributed by atoms with Gasteiger partial charge in [0.25, 0.3) is 0 Å². The van der Waals surface area contributed by atoms with Gasteiger partial charge in [-0.3, -0.25) is 4.79 Å². The van der Waals surface area contributed by atoms with Crippen LogP contribution in [0.3, 0.4) is 0 Å². The number of aryl methyl sites for hydroxylation is 2. The first-order valence-corrected chi connectivity index (χ1v) is 15.0. The minimum atomic E-state index is -5.04. The Morgan fingerprint density at radius 2 is 1.57 bits per heavy atom. The monoisotopic (exact) mass is 646 g/mol. The zero-order valence-electron chi connectivity index (χ0n) is 26.3. The maximum atomic E-state index is 14.1. The van der Waals surface area contributed by atoms with E-state index in [0.29, 0.717) is 49.0 Å². The summed E-state index contributed by atoms with van der Waals surface area (Å²) in [6.07, 6.45) is -5.74. The quantitative estimate of drug-likeness (QED) is 0.259. The number of halogens is 6. The lowest BCUT2D eigenvalue weighted by Crippen LogP contribution is -2.44. The van der Waals surface area contributed by atoms with E-state index in [1.54, 1.807) is 0 Å². The number of likely N-dealkylation sites (N-methyl/N-ethyl adjacent to an activating group) is 1. The second kappa shape index (κ2) is 12.3. The Kier molecular flexibility index (Phi) is 8.89. The molecule has 0 radical (unpaired) electrons. The molecule has 0 aliphatic carbocycles. The van der Waals surface area contributed by atoms with Gasteiger partial charge in [0.05, 0.1) is 47.3 Å². The van der Waals surface area contributed by atoms with Crippen LogP contribution in [0.2, 0.25) is 0 Å². The van der Waals surface area contributed by atoms with Crippen molar-refractivity contribution in [1.29, 1.82) is 0 Å². The van der Waals surface area contributed by atoms with E-state index in [1.807, 2.05) is 49.2 Å². The van der Waals surface area contributed by atoms with E-state index in [-0.39, 0.29) is 6.07 Å². The van der Waals surface area contributed by atoms with E-state index in [1.165, 1.54) is 32.0 Å². The van der Waals surface area contributed by atoms with Crippen LogP contribution in [0.25, 0.3) is 11.1 Å². The fourth-order valence-electron chi connectivity index (χ4n) is 5.91. The maximum Gasteiger partial charge on any atom is 0.416 e. The molecule has 46 heavy (non-hydrogen) atoms. The molecule has 12 heteroatoms. The number of hydrogen-bond donors (Lipinski definition) is 0. The van der Waals surface area contributed by atoms with E-state index in [2.05, 4.69) is 9.88 Å². The molecule has 2 aliphatic heterocycles. The molecule has 0 unspecified atom stereocenters. The number of benzene rings is 2. The fourth-order valence-corrected chi connectivity index (χ4v) is 5.91. The number of hydrogen-bond acceptors (Lipinski definition) is 5. The smallest absolute Gasteiger partial charge is 0.373 e. The van der Waals surface area contributed by atoms with Gasteiger partial charge in [0.2, 0.25) is 5.91 Å². The van der Waals surface area contributed by atoms with Gasteiger partial charge in [0, 0.05) is 38.4 Å². The summed E-state index contributed by atoms with van der Waals surface area (Å²) in [5, 5.41) is 0. The van der Waals surface area contributed by atoms with Crippen molar-refractivity contribution >= 4 is 17.4 Å². The zero-order chi connectivity index (χ0) is 33.6. The number of anilines is 2. The minimum absolute atomic E-state index is 0.0613. The third kappa shape index (κ3) is 6.58. The lowest BCUT2D eigenvalue weighted by molar-refractivity contribution is -0.143. The van der Waals surface area contributed by atoms with E-state index in [0.717, 1.165) is 41.9 Å². The van der Waals surface area contributed by atoms with Crippen molar-refractivity contribution in [2.75, 3.05) is 49.7 Å².